The van der Waals surface area contributed by atoms with Crippen LogP contribution < -0.4 is 0 Å². The minimum absolute atomic E-state index is 0.0861. The van der Waals surface area contributed by atoms with Gasteiger partial charge in [0.15, 0.2) is 0 Å². The molecule has 2 aliphatic heterocycles. The van der Waals surface area contributed by atoms with Gasteiger partial charge in [-0.1, -0.05) is 20.8 Å². The van der Waals surface area contributed by atoms with E-state index < -0.39 is 0 Å². The standard InChI is InChI=1S/C18H30O3/c1-11-7-17(4)14(20-17)6-12(11)9-19-13-8-16(2,3)10-18(5)15(13)21-18/h11-15H,6-10H2,1-5H3. The first kappa shape index (κ1) is 14.5. The lowest BCUT2D eigenvalue weighted by Crippen LogP contribution is -2.41. The quantitative estimate of drug-likeness (QED) is 0.747. The predicted molar refractivity (Wildman–Crippen MR) is 81.2 cm³/mol. The third-order valence-electron chi connectivity index (χ3n) is 6.47. The van der Waals surface area contributed by atoms with E-state index in [-0.39, 0.29) is 11.2 Å². The van der Waals surface area contributed by atoms with Gasteiger partial charge < -0.3 is 14.2 Å². The first-order valence-corrected chi connectivity index (χ1v) is 8.68. The zero-order valence-corrected chi connectivity index (χ0v) is 14.1. The Bertz CT molecular complexity index is 445. The van der Waals surface area contributed by atoms with Crippen molar-refractivity contribution in [2.45, 2.75) is 89.8 Å². The highest BCUT2D eigenvalue weighted by atomic mass is 16.6. The Morgan fingerprint density at radius 1 is 1.05 bits per heavy atom. The molecule has 0 bridgehead atoms. The average Bonchev–Trinajstić information content (AvgIpc) is 3.18. The molecule has 4 aliphatic rings. The van der Waals surface area contributed by atoms with Crippen LogP contribution in [0.25, 0.3) is 0 Å². The first-order chi connectivity index (χ1) is 9.71. The molecule has 4 rings (SSSR count). The average molecular weight is 294 g/mol. The summed E-state index contributed by atoms with van der Waals surface area (Å²) in [4.78, 5) is 0. The van der Waals surface area contributed by atoms with Crippen molar-refractivity contribution in [3.63, 3.8) is 0 Å². The number of epoxide rings is 2. The molecule has 0 aromatic heterocycles. The maximum Gasteiger partial charge on any atom is 0.113 e. The lowest BCUT2D eigenvalue weighted by atomic mass is 9.71. The van der Waals surface area contributed by atoms with Gasteiger partial charge in [0.2, 0.25) is 0 Å². The van der Waals surface area contributed by atoms with Crippen LogP contribution in [0.3, 0.4) is 0 Å². The van der Waals surface area contributed by atoms with Crippen LogP contribution in [0.2, 0.25) is 0 Å². The SMILES string of the molecule is CC1CC2(C)OC2CC1COC1CC(C)(C)CC2(C)OC12. The highest BCUT2D eigenvalue weighted by Crippen LogP contribution is 2.55. The number of hydrogen-bond acceptors (Lipinski definition) is 3. The van der Waals surface area contributed by atoms with Gasteiger partial charge >= 0.3 is 0 Å². The van der Waals surface area contributed by atoms with Gasteiger partial charge in [0.25, 0.3) is 0 Å². The summed E-state index contributed by atoms with van der Waals surface area (Å²) < 4.78 is 18.2. The summed E-state index contributed by atoms with van der Waals surface area (Å²) in [6.45, 7) is 12.5. The third-order valence-corrected chi connectivity index (χ3v) is 6.47. The lowest BCUT2D eigenvalue weighted by molar-refractivity contribution is -0.0329. The maximum absolute atomic E-state index is 6.37. The molecule has 4 fully saturated rings. The van der Waals surface area contributed by atoms with Crippen LogP contribution >= 0.6 is 0 Å². The van der Waals surface area contributed by atoms with E-state index in [4.69, 9.17) is 14.2 Å². The molecule has 3 nitrogen and oxygen atoms in total. The van der Waals surface area contributed by atoms with E-state index in [1.807, 2.05) is 0 Å². The molecule has 0 amide bonds. The van der Waals surface area contributed by atoms with Crippen molar-refractivity contribution >= 4 is 0 Å². The highest BCUT2D eigenvalue weighted by Gasteiger charge is 2.63. The molecule has 120 valence electrons. The zero-order chi connectivity index (χ0) is 15.0. The van der Waals surface area contributed by atoms with Crippen molar-refractivity contribution in [1.82, 2.24) is 0 Å². The molecular weight excluding hydrogens is 264 g/mol. The van der Waals surface area contributed by atoms with E-state index in [2.05, 4.69) is 34.6 Å². The van der Waals surface area contributed by atoms with Crippen LogP contribution in [-0.2, 0) is 14.2 Å². The molecule has 2 saturated carbocycles. The fourth-order valence-electron chi connectivity index (χ4n) is 5.25. The molecule has 0 spiro atoms. The van der Waals surface area contributed by atoms with Crippen molar-refractivity contribution in [1.29, 1.82) is 0 Å². The summed E-state index contributed by atoms with van der Waals surface area (Å²) in [6.07, 6.45) is 5.79. The van der Waals surface area contributed by atoms with Crippen LogP contribution in [0.4, 0.5) is 0 Å². The van der Waals surface area contributed by atoms with E-state index in [0.717, 1.165) is 13.0 Å². The molecule has 0 radical (unpaired) electrons. The number of hydrogen-bond donors (Lipinski definition) is 0. The fourth-order valence-corrected chi connectivity index (χ4v) is 5.25. The highest BCUT2D eigenvalue weighted by molar-refractivity contribution is 5.11. The number of fused-ring (bicyclic) bond motifs is 2. The van der Waals surface area contributed by atoms with Crippen molar-refractivity contribution in [2.75, 3.05) is 6.61 Å². The minimum Gasteiger partial charge on any atom is -0.375 e. The normalized spacial score (nSPS) is 57.3. The van der Waals surface area contributed by atoms with Gasteiger partial charge in [0.05, 0.1) is 30.0 Å². The van der Waals surface area contributed by atoms with Gasteiger partial charge in [-0.15, -0.1) is 0 Å². The van der Waals surface area contributed by atoms with Crippen LogP contribution in [-0.4, -0.2) is 36.1 Å². The van der Waals surface area contributed by atoms with Crippen molar-refractivity contribution < 1.29 is 14.2 Å². The second-order valence-corrected chi connectivity index (χ2v) is 9.36. The monoisotopic (exact) mass is 294 g/mol. The van der Waals surface area contributed by atoms with Gasteiger partial charge in [-0.05, 0) is 56.8 Å². The molecular formula is C18H30O3. The number of rotatable bonds is 3. The van der Waals surface area contributed by atoms with Crippen LogP contribution in [0.5, 0.6) is 0 Å². The molecule has 21 heavy (non-hydrogen) atoms. The summed E-state index contributed by atoms with van der Waals surface area (Å²) in [5.74, 6) is 1.36. The largest absolute Gasteiger partial charge is 0.375 e. The Labute approximate surface area is 128 Å². The van der Waals surface area contributed by atoms with Crippen molar-refractivity contribution in [3.05, 3.63) is 0 Å². The third kappa shape index (κ3) is 2.46. The van der Waals surface area contributed by atoms with Crippen LogP contribution in [0.1, 0.15) is 60.3 Å². The van der Waals surface area contributed by atoms with E-state index in [1.54, 1.807) is 0 Å². The summed E-state index contributed by atoms with van der Waals surface area (Å²) in [5, 5.41) is 0. The summed E-state index contributed by atoms with van der Waals surface area (Å²) in [7, 11) is 0. The molecule has 0 aromatic carbocycles. The van der Waals surface area contributed by atoms with E-state index >= 15 is 0 Å². The van der Waals surface area contributed by atoms with Gasteiger partial charge in [-0.2, -0.15) is 0 Å². The maximum atomic E-state index is 6.37. The fraction of sp³-hybridized carbons (Fsp3) is 1.00. The minimum atomic E-state index is 0.0861. The summed E-state index contributed by atoms with van der Waals surface area (Å²) in [5.41, 5.74) is 0.618. The summed E-state index contributed by atoms with van der Waals surface area (Å²) in [6, 6.07) is 0. The van der Waals surface area contributed by atoms with Crippen LogP contribution in [0.15, 0.2) is 0 Å². The molecule has 2 aliphatic carbocycles. The van der Waals surface area contributed by atoms with E-state index in [1.165, 1.54) is 19.3 Å². The van der Waals surface area contributed by atoms with Gasteiger partial charge in [-0.3, -0.25) is 0 Å². The molecule has 7 unspecified atom stereocenters. The second-order valence-electron chi connectivity index (χ2n) is 9.36. The second kappa shape index (κ2) is 4.24. The molecule has 3 heteroatoms. The molecule has 7 atom stereocenters. The molecule has 2 heterocycles. The molecule has 0 aromatic rings. The number of ether oxygens (including phenoxy) is 3. The van der Waals surface area contributed by atoms with Crippen LogP contribution in [0, 0.1) is 17.3 Å². The van der Waals surface area contributed by atoms with Crippen molar-refractivity contribution in [3.8, 4) is 0 Å². The Morgan fingerprint density at radius 3 is 2.57 bits per heavy atom. The smallest absolute Gasteiger partial charge is 0.113 e. The molecule has 0 N–H and O–H groups in total. The predicted octanol–water partition coefficient (Wildman–Crippen LogP) is 3.55. The Kier molecular flexibility index (Phi) is 2.92. The molecule has 2 saturated heterocycles. The summed E-state index contributed by atoms with van der Waals surface area (Å²) >= 11 is 0. The van der Waals surface area contributed by atoms with Crippen molar-refractivity contribution in [2.24, 2.45) is 17.3 Å². The van der Waals surface area contributed by atoms with Gasteiger partial charge in [0.1, 0.15) is 6.10 Å². The Morgan fingerprint density at radius 2 is 1.81 bits per heavy atom. The zero-order valence-electron chi connectivity index (χ0n) is 14.1. The van der Waals surface area contributed by atoms with E-state index in [9.17, 15) is 0 Å². The lowest BCUT2D eigenvalue weighted by Gasteiger charge is -2.37. The van der Waals surface area contributed by atoms with Gasteiger partial charge in [-0.25, -0.2) is 0 Å². The first-order valence-electron chi connectivity index (χ1n) is 8.68. The van der Waals surface area contributed by atoms with Gasteiger partial charge in [0, 0.05) is 0 Å². The Balaban J connectivity index is 1.35. The van der Waals surface area contributed by atoms with E-state index in [0.29, 0.717) is 35.6 Å². The topological polar surface area (TPSA) is 34.3 Å². The Hall–Kier alpha value is -0.120.